The Bertz CT molecular complexity index is 228. The molecule has 0 aromatic carbocycles. The van der Waals surface area contributed by atoms with Crippen LogP contribution in [0.25, 0.3) is 0 Å². The van der Waals surface area contributed by atoms with Crippen LogP contribution in [-0.2, 0) is 0 Å². The van der Waals surface area contributed by atoms with Crippen LogP contribution in [0.4, 0.5) is 0 Å². The minimum Gasteiger partial charge on any atom is -0.310 e. The summed E-state index contributed by atoms with van der Waals surface area (Å²) >= 11 is 0. The normalized spacial score (nSPS) is 26.8. The van der Waals surface area contributed by atoms with E-state index in [0.29, 0.717) is 5.41 Å². The predicted molar refractivity (Wildman–Crippen MR) is 76.4 cm³/mol. The van der Waals surface area contributed by atoms with Crippen molar-refractivity contribution in [2.45, 2.75) is 72.4 Å². The van der Waals surface area contributed by atoms with Crippen molar-refractivity contribution in [3.8, 4) is 0 Å². The van der Waals surface area contributed by atoms with Crippen molar-refractivity contribution >= 4 is 0 Å². The van der Waals surface area contributed by atoms with Gasteiger partial charge in [0, 0.05) is 18.1 Å². The lowest BCUT2D eigenvalue weighted by Gasteiger charge is -2.33. The smallest absolute Gasteiger partial charge is 0.0252 e. The van der Waals surface area contributed by atoms with Crippen LogP contribution in [0, 0.1) is 5.41 Å². The van der Waals surface area contributed by atoms with Gasteiger partial charge < -0.3 is 5.32 Å². The second-order valence-electron chi connectivity index (χ2n) is 7.58. The van der Waals surface area contributed by atoms with Gasteiger partial charge in [-0.1, -0.05) is 20.8 Å². The van der Waals surface area contributed by atoms with Gasteiger partial charge >= 0.3 is 0 Å². The second-order valence-corrected chi connectivity index (χ2v) is 7.58. The molecular weight excluding hydrogens is 208 g/mol. The molecule has 1 unspecified atom stereocenters. The molecule has 2 nitrogen and oxygen atoms in total. The third-order valence-electron chi connectivity index (χ3n) is 3.76. The molecule has 0 bridgehead atoms. The molecule has 0 aromatic rings. The second kappa shape index (κ2) is 5.71. The van der Waals surface area contributed by atoms with Crippen LogP contribution >= 0.6 is 0 Å². The van der Waals surface area contributed by atoms with Crippen molar-refractivity contribution < 1.29 is 0 Å². The van der Waals surface area contributed by atoms with Gasteiger partial charge in [0.2, 0.25) is 0 Å². The molecule has 1 rings (SSSR count). The maximum atomic E-state index is 3.65. The summed E-state index contributed by atoms with van der Waals surface area (Å²) in [6, 6.07) is 0.726. The Labute approximate surface area is 108 Å². The molecule has 1 aliphatic rings. The molecule has 0 aliphatic carbocycles. The highest BCUT2D eigenvalue weighted by molar-refractivity contribution is 4.87. The van der Waals surface area contributed by atoms with E-state index in [2.05, 4.69) is 51.8 Å². The Morgan fingerprint density at radius 2 is 1.94 bits per heavy atom. The molecule has 1 N–H and O–H groups in total. The summed E-state index contributed by atoms with van der Waals surface area (Å²) in [4.78, 5) is 2.67. The first kappa shape index (κ1) is 15.0. The molecule has 1 aliphatic heterocycles. The molecular formula is C15H32N2. The van der Waals surface area contributed by atoms with Crippen LogP contribution in [0.3, 0.4) is 0 Å². The molecule has 0 saturated carbocycles. The lowest BCUT2D eigenvalue weighted by atomic mass is 9.90. The van der Waals surface area contributed by atoms with E-state index in [0.717, 1.165) is 12.6 Å². The van der Waals surface area contributed by atoms with Crippen LogP contribution in [0.1, 0.15) is 60.8 Å². The summed E-state index contributed by atoms with van der Waals surface area (Å²) < 4.78 is 0. The molecule has 1 atom stereocenters. The lowest BCUT2D eigenvalue weighted by Crippen LogP contribution is -2.47. The summed E-state index contributed by atoms with van der Waals surface area (Å²) in [5.41, 5.74) is 0.745. The Balaban J connectivity index is 2.43. The Hall–Kier alpha value is -0.0800. The molecule has 1 heterocycles. The van der Waals surface area contributed by atoms with Crippen LogP contribution in [0.5, 0.6) is 0 Å². The van der Waals surface area contributed by atoms with Gasteiger partial charge in [-0.3, -0.25) is 4.90 Å². The monoisotopic (exact) mass is 240 g/mol. The highest BCUT2D eigenvalue weighted by atomic mass is 15.2. The average Bonchev–Trinajstić information content (AvgIpc) is 2.24. The topological polar surface area (TPSA) is 15.3 Å². The number of nitrogens with zero attached hydrogens (tertiary/aromatic N) is 1. The van der Waals surface area contributed by atoms with E-state index < -0.39 is 0 Å². The van der Waals surface area contributed by atoms with E-state index >= 15 is 0 Å². The number of hydrogen-bond donors (Lipinski definition) is 1. The van der Waals surface area contributed by atoms with Crippen molar-refractivity contribution in [1.82, 2.24) is 10.2 Å². The van der Waals surface area contributed by atoms with E-state index in [1.807, 2.05) is 0 Å². The SMILES string of the molecule is CC1CCNC(C)(C)CN1CCCC(C)(C)C. The fourth-order valence-corrected chi connectivity index (χ4v) is 2.63. The summed E-state index contributed by atoms with van der Waals surface area (Å²) in [5.74, 6) is 0. The molecule has 1 fully saturated rings. The van der Waals surface area contributed by atoms with Gasteiger partial charge in [-0.25, -0.2) is 0 Å². The van der Waals surface area contributed by atoms with Crippen LogP contribution in [0.2, 0.25) is 0 Å². The molecule has 102 valence electrons. The first-order valence-corrected chi connectivity index (χ1v) is 7.19. The van der Waals surface area contributed by atoms with Crippen LogP contribution in [0.15, 0.2) is 0 Å². The van der Waals surface area contributed by atoms with Crippen molar-refractivity contribution in [2.24, 2.45) is 5.41 Å². The van der Waals surface area contributed by atoms with Crippen LogP contribution < -0.4 is 5.32 Å². The summed E-state index contributed by atoms with van der Waals surface area (Å²) in [6.07, 6.45) is 3.92. The lowest BCUT2D eigenvalue weighted by molar-refractivity contribution is 0.170. The van der Waals surface area contributed by atoms with Crippen molar-refractivity contribution in [3.63, 3.8) is 0 Å². The summed E-state index contributed by atoms with van der Waals surface area (Å²) in [5, 5.41) is 3.65. The number of nitrogens with one attached hydrogen (secondary N) is 1. The zero-order chi connectivity index (χ0) is 13.1. The quantitative estimate of drug-likeness (QED) is 0.814. The molecule has 0 amide bonds. The minimum atomic E-state index is 0.270. The Kier molecular flexibility index (Phi) is 5.03. The van der Waals surface area contributed by atoms with E-state index in [9.17, 15) is 0 Å². The fourth-order valence-electron chi connectivity index (χ4n) is 2.63. The van der Waals surface area contributed by atoms with Gasteiger partial charge in [0.05, 0.1) is 0 Å². The third kappa shape index (κ3) is 5.87. The van der Waals surface area contributed by atoms with E-state index in [1.54, 1.807) is 0 Å². The number of hydrogen-bond acceptors (Lipinski definition) is 2. The Morgan fingerprint density at radius 3 is 2.53 bits per heavy atom. The molecule has 0 spiro atoms. The average molecular weight is 240 g/mol. The third-order valence-corrected chi connectivity index (χ3v) is 3.76. The van der Waals surface area contributed by atoms with Gasteiger partial charge in [-0.2, -0.15) is 0 Å². The van der Waals surface area contributed by atoms with Crippen molar-refractivity contribution in [1.29, 1.82) is 0 Å². The first-order valence-electron chi connectivity index (χ1n) is 7.19. The zero-order valence-electron chi connectivity index (χ0n) is 12.8. The standard InChI is InChI=1S/C15H32N2/c1-13-8-10-16-15(5,6)12-17(13)11-7-9-14(2,3)4/h13,16H,7-12H2,1-6H3. The maximum Gasteiger partial charge on any atom is 0.0252 e. The molecule has 0 radical (unpaired) electrons. The van der Waals surface area contributed by atoms with Gasteiger partial charge in [0.1, 0.15) is 0 Å². The van der Waals surface area contributed by atoms with Gasteiger partial charge in [0.15, 0.2) is 0 Å². The van der Waals surface area contributed by atoms with Gasteiger partial charge in [0.25, 0.3) is 0 Å². The molecule has 2 heteroatoms. The zero-order valence-corrected chi connectivity index (χ0v) is 12.8. The van der Waals surface area contributed by atoms with Gasteiger partial charge in [-0.15, -0.1) is 0 Å². The Morgan fingerprint density at radius 1 is 1.29 bits per heavy atom. The maximum absolute atomic E-state index is 3.65. The van der Waals surface area contributed by atoms with Crippen LogP contribution in [-0.4, -0.2) is 36.1 Å². The van der Waals surface area contributed by atoms with E-state index in [4.69, 9.17) is 0 Å². The number of rotatable bonds is 3. The fraction of sp³-hybridized carbons (Fsp3) is 1.00. The van der Waals surface area contributed by atoms with Gasteiger partial charge in [-0.05, 0) is 58.5 Å². The summed E-state index contributed by atoms with van der Waals surface area (Å²) in [7, 11) is 0. The highest BCUT2D eigenvalue weighted by Gasteiger charge is 2.27. The first-order chi connectivity index (χ1) is 7.70. The van der Waals surface area contributed by atoms with Crippen molar-refractivity contribution in [3.05, 3.63) is 0 Å². The molecule has 1 saturated heterocycles. The molecule has 0 aromatic heterocycles. The highest BCUT2D eigenvalue weighted by Crippen LogP contribution is 2.22. The largest absolute Gasteiger partial charge is 0.310 e. The van der Waals surface area contributed by atoms with Crippen molar-refractivity contribution in [2.75, 3.05) is 19.6 Å². The van der Waals surface area contributed by atoms with E-state index in [1.165, 1.54) is 32.4 Å². The van der Waals surface area contributed by atoms with E-state index in [-0.39, 0.29) is 5.54 Å². The predicted octanol–water partition coefficient (Wildman–Crippen LogP) is 3.28. The summed E-state index contributed by atoms with van der Waals surface area (Å²) in [6.45, 7) is 17.6. The molecule has 17 heavy (non-hydrogen) atoms. The minimum absolute atomic E-state index is 0.270.